The van der Waals surface area contributed by atoms with Gasteiger partial charge in [-0.3, -0.25) is 9.59 Å². The number of hydrogen-bond donors (Lipinski definition) is 1. The Morgan fingerprint density at radius 3 is 2.76 bits per heavy atom. The molecule has 1 aromatic carbocycles. The van der Waals surface area contributed by atoms with Gasteiger partial charge in [0.05, 0.1) is 25.2 Å². The highest BCUT2D eigenvalue weighted by molar-refractivity contribution is 5.89. The van der Waals surface area contributed by atoms with Crippen LogP contribution in [0.2, 0.25) is 0 Å². The van der Waals surface area contributed by atoms with Gasteiger partial charge < -0.3 is 19.7 Å². The highest BCUT2D eigenvalue weighted by Crippen LogP contribution is 2.44. The molecule has 1 spiro atoms. The lowest BCUT2D eigenvalue weighted by atomic mass is 9.82. The summed E-state index contributed by atoms with van der Waals surface area (Å²) in [6.07, 6.45) is 2.71. The van der Waals surface area contributed by atoms with Crippen molar-refractivity contribution >= 4 is 11.8 Å². The van der Waals surface area contributed by atoms with Gasteiger partial charge in [0.1, 0.15) is 11.4 Å². The van der Waals surface area contributed by atoms with Gasteiger partial charge in [-0.25, -0.2) is 0 Å². The van der Waals surface area contributed by atoms with E-state index >= 15 is 0 Å². The number of para-hydroxylation sites is 1. The number of hydrogen-bond acceptors (Lipinski definition) is 4. The van der Waals surface area contributed by atoms with Crippen molar-refractivity contribution in [3.8, 4) is 5.75 Å². The number of benzene rings is 1. The van der Waals surface area contributed by atoms with Crippen LogP contribution in [-0.2, 0) is 14.3 Å². The molecule has 0 saturated carbocycles. The summed E-state index contributed by atoms with van der Waals surface area (Å²) in [5.41, 5.74) is 0.748. The summed E-state index contributed by atoms with van der Waals surface area (Å²) in [6.45, 7) is 1.87. The quantitative estimate of drug-likeness (QED) is 0.886. The molecule has 0 aromatic heterocycles. The van der Waals surface area contributed by atoms with Gasteiger partial charge in [-0.15, -0.1) is 0 Å². The molecule has 3 aliphatic heterocycles. The number of nitrogens with one attached hydrogen (secondary N) is 1. The second kappa shape index (κ2) is 6.33. The molecule has 6 heteroatoms. The summed E-state index contributed by atoms with van der Waals surface area (Å²) >= 11 is 0. The second-order valence-electron chi connectivity index (χ2n) is 7.38. The molecule has 0 bridgehead atoms. The first-order valence-electron chi connectivity index (χ1n) is 8.96. The number of ether oxygens (including phenoxy) is 2. The zero-order valence-corrected chi connectivity index (χ0v) is 14.5. The maximum atomic E-state index is 12.7. The van der Waals surface area contributed by atoms with Crippen LogP contribution >= 0.6 is 0 Å². The van der Waals surface area contributed by atoms with Gasteiger partial charge in [0.2, 0.25) is 11.8 Å². The molecule has 3 heterocycles. The lowest BCUT2D eigenvalue weighted by molar-refractivity contribution is -0.129. The molecule has 2 atom stereocenters. The monoisotopic (exact) mass is 344 g/mol. The maximum absolute atomic E-state index is 12.7. The van der Waals surface area contributed by atoms with Gasteiger partial charge in [-0.1, -0.05) is 18.2 Å². The SMILES string of the molecule is CN1C[C@H](C(=O)N[C@@H]2CC3(CCOCC3)Oc3ccccc32)CC1=O. The van der Waals surface area contributed by atoms with Gasteiger partial charge in [0.15, 0.2) is 0 Å². The van der Waals surface area contributed by atoms with Crippen molar-refractivity contribution < 1.29 is 19.1 Å². The maximum Gasteiger partial charge on any atom is 0.225 e. The van der Waals surface area contributed by atoms with E-state index in [1.165, 1.54) is 0 Å². The van der Waals surface area contributed by atoms with E-state index < -0.39 is 0 Å². The smallest absolute Gasteiger partial charge is 0.225 e. The Labute approximate surface area is 147 Å². The Kier molecular flexibility index (Phi) is 4.15. The molecule has 0 unspecified atom stereocenters. The van der Waals surface area contributed by atoms with Crippen LogP contribution in [0.15, 0.2) is 24.3 Å². The van der Waals surface area contributed by atoms with Crippen LogP contribution in [0.1, 0.15) is 37.3 Å². The van der Waals surface area contributed by atoms with Gasteiger partial charge >= 0.3 is 0 Å². The average molecular weight is 344 g/mol. The molecule has 1 aromatic rings. The fourth-order valence-corrected chi connectivity index (χ4v) is 4.13. The predicted octanol–water partition coefficient (Wildman–Crippen LogP) is 1.65. The van der Waals surface area contributed by atoms with Crippen LogP contribution in [0.25, 0.3) is 0 Å². The van der Waals surface area contributed by atoms with Crippen molar-refractivity contribution in [3.05, 3.63) is 29.8 Å². The number of likely N-dealkylation sites (tertiary alicyclic amines) is 1. The Morgan fingerprint density at radius 2 is 2.04 bits per heavy atom. The van der Waals surface area contributed by atoms with Gasteiger partial charge in [0.25, 0.3) is 0 Å². The van der Waals surface area contributed by atoms with E-state index in [0.29, 0.717) is 26.2 Å². The van der Waals surface area contributed by atoms with Gasteiger partial charge in [0, 0.05) is 44.8 Å². The number of rotatable bonds is 2. The molecule has 134 valence electrons. The molecule has 25 heavy (non-hydrogen) atoms. The summed E-state index contributed by atoms with van der Waals surface area (Å²) in [7, 11) is 1.75. The van der Waals surface area contributed by atoms with Crippen LogP contribution in [0, 0.1) is 5.92 Å². The molecular weight excluding hydrogens is 320 g/mol. The predicted molar refractivity (Wildman–Crippen MR) is 91.1 cm³/mol. The third kappa shape index (κ3) is 3.11. The normalized spacial score (nSPS) is 27.7. The lowest BCUT2D eigenvalue weighted by Crippen LogP contribution is -2.49. The van der Waals surface area contributed by atoms with Crippen molar-refractivity contribution in [2.75, 3.05) is 26.8 Å². The van der Waals surface area contributed by atoms with Crippen molar-refractivity contribution in [2.45, 2.75) is 37.3 Å². The first kappa shape index (κ1) is 16.4. The minimum absolute atomic E-state index is 0.0356. The molecule has 2 fully saturated rings. The molecular formula is C19H24N2O4. The van der Waals surface area contributed by atoms with Crippen LogP contribution in [0.3, 0.4) is 0 Å². The highest BCUT2D eigenvalue weighted by Gasteiger charge is 2.43. The zero-order chi connectivity index (χ0) is 17.4. The summed E-state index contributed by atoms with van der Waals surface area (Å²) in [5, 5.41) is 3.19. The molecule has 0 aliphatic carbocycles. The summed E-state index contributed by atoms with van der Waals surface area (Å²) in [4.78, 5) is 26.1. The Balaban J connectivity index is 1.55. The molecule has 0 radical (unpaired) electrons. The van der Waals surface area contributed by atoms with Crippen molar-refractivity contribution in [2.24, 2.45) is 5.92 Å². The fourth-order valence-electron chi connectivity index (χ4n) is 4.13. The topological polar surface area (TPSA) is 67.9 Å². The van der Waals surface area contributed by atoms with Crippen LogP contribution in [0.5, 0.6) is 5.75 Å². The number of carbonyl (C=O) groups excluding carboxylic acids is 2. The summed E-state index contributed by atoms with van der Waals surface area (Å²) in [5.74, 6) is 0.578. The van der Waals surface area contributed by atoms with E-state index in [2.05, 4.69) is 5.32 Å². The van der Waals surface area contributed by atoms with Gasteiger partial charge in [-0.2, -0.15) is 0 Å². The molecule has 2 amide bonds. The Bertz CT molecular complexity index is 684. The molecule has 1 N–H and O–H groups in total. The van der Waals surface area contributed by atoms with E-state index in [1.807, 2.05) is 24.3 Å². The van der Waals surface area contributed by atoms with Gasteiger partial charge in [-0.05, 0) is 6.07 Å². The largest absolute Gasteiger partial charge is 0.487 e. The first-order valence-corrected chi connectivity index (χ1v) is 8.96. The summed E-state index contributed by atoms with van der Waals surface area (Å²) < 4.78 is 11.8. The van der Waals surface area contributed by atoms with Crippen LogP contribution in [-0.4, -0.2) is 49.1 Å². The molecule has 6 nitrogen and oxygen atoms in total. The molecule has 2 saturated heterocycles. The minimum atomic E-state index is -0.271. The zero-order valence-electron chi connectivity index (χ0n) is 14.5. The van der Waals surface area contributed by atoms with E-state index in [-0.39, 0.29) is 29.4 Å². The third-order valence-electron chi connectivity index (χ3n) is 5.63. The average Bonchev–Trinajstić information content (AvgIpc) is 2.95. The Morgan fingerprint density at radius 1 is 1.28 bits per heavy atom. The Hall–Kier alpha value is -2.08. The number of fused-ring (bicyclic) bond motifs is 1. The fraction of sp³-hybridized carbons (Fsp3) is 0.579. The summed E-state index contributed by atoms with van der Waals surface area (Å²) in [6, 6.07) is 7.82. The van der Waals surface area contributed by atoms with Crippen molar-refractivity contribution in [3.63, 3.8) is 0 Å². The third-order valence-corrected chi connectivity index (χ3v) is 5.63. The van der Waals surface area contributed by atoms with E-state index in [0.717, 1.165) is 30.6 Å². The number of nitrogens with zero attached hydrogens (tertiary/aromatic N) is 1. The van der Waals surface area contributed by atoms with E-state index in [9.17, 15) is 9.59 Å². The molecule has 3 aliphatic rings. The number of carbonyl (C=O) groups is 2. The van der Waals surface area contributed by atoms with E-state index in [1.54, 1.807) is 11.9 Å². The van der Waals surface area contributed by atoms with Crippen LogP contribution < -0.4 is 10.1 Å². The highest BCUT2D eigenvalue weighted by atomic mass is 16.5. The lowest BCUT2D eigenvalue weighted by Gasteiger charge is -2.44. The van der Waals surface area contributed by atoms with Crippen LogP contribution in [0.4, 0.5) is 0 Å². The number of amides is 2. The van der Waals surface area contributed by atoms with E-state index in [4.69, 9.17) is 9.47 Å². The minimum Gasteiger partial charge on any atom is -0.487 e. The molecule has 4 rings (SSSR count). The van der Waals surface area contributed by atoms with Crippen molar-refractivity contribution in [1.82, 2.24) is 10.2 Å². The standard InChI is InChI=1S/C19H24N2O4/c1-21-12-13(10-17(21)22)18(23)20-15-11-19(6-8-24-9-7-19)25-16-5-3-2-4-14(15)16/h2-5,13,15H,6-12H2,1H3,(H,20,23)/t13-,15-/m1/s1. The second-order valence-corrected chi connectivity index (χ2v) is 7.38. The first-order chi connectivity index (χ1) is 12.1. The van der Waals surface area contributed by atoms with Crippen molar-refractivity contribution in [1.29, 1.82) is 0 Å².